The van der Waals surface area contributed by atoms with E-state index in [-0.39, 0.29) is 5.91 Å². The van der Waals surface area contributed by atoms with Gasteiger partial charge in [-0.3, -0.25) is 4.79 Å². The quantitative estimate of drug-likeness (QED) is 0.264. The molecule has 0 atom stereocenters. The smallest absolute Gasteiger partial charge is 0.353 e. The SMILES string of the molecule is COc1cc(/C=C2/C(=O)N(c3ccc(Br)cc3)N=C2C)ccc1OC(=O)c1cccs1. The average Bonchev–Trinajstić information content (AvgIpc) is 3.40. The highest BCUT2D eigenvalue weighted by atomic mass is 79.9. The summed E-state index contributed by atoms with van der Waals surface area (Å²) in [6.45, 7) is 1.79. The number of amides is 1. The first kappa shape index (κ1) is 21.0. The Hall–Kier alpha value is -3.23. The maximum absolute atomic E-state index is 12.9. The molecule has 0 saturated carbocycles. The molecule has 0 unspecified atom stereocenters. The van der Waals surface area contributed by atoms with Crippen molar-refractivity contribution in [2.75, 3.05) is 12.1 Å². The lowest BCUT2D eigenvalue weighted by Crippen LogP contribution is -2.21. The first-order valence-electron chi connectivity index (χ1n) is 9.27. The van der Waals surface area contributed by atoms with Crippen LogP contribution in [0.3, 0.4) is 0 Å². The maximum atomic E-state index is 12.9. The van der Waals surface area contributed by atoms with Crippen molar-refractivity contribution in [3.8, 4) is 11.5 Å². The Morgan fingerprint density at radius 1 is 1.13 bits per heavy atom. The van der Waals surface area contributed by atoms with Gasteiger partial charge < -0.3 is 9.47 Å². The van der Waals surface area contributed by atoms with E-state index in [2.05, 4.69) is 21.0 Å². The number of esters is 1. The zero-order valence-electron chi connectivity index (χ0n) is 16.7. The van der Waals surface area contributed by atoms with Crippen LogP contribution in [0.4, 0.5) is 5.69 Å². The van der Waals surface area contributed by atoms with Crippen LogP contribution in [0.5, 0.6) is 11.5 Å². The third kappa shape index (κ3) is 4.45. The largest absolute Gasteiger partial charge is 0.493 e. The van der Waals surface area contributed by atoms with Crippen LogP contribution >= 0.6 is 27.3 Å². The van der Waals surface area contributed by atoms with Crippen LogP contribution in [0.25, 0.3) is 6.08 Å². The molecule has 1 aliphatic heterocycles. The Balaban J connectivity index is 1.58. The molecular formula is C23H17BrN2O4S. The number of hydrogen-bond acceptors (Lipinski definition) is 6. The summed E-state index contributed by atoms with van der Waals surface area (Å²) in [5.74, 6) is 0.0391. The molecule has 0 spiro atoms. The number of anilines is 1. The van der Waals surface area contributed by atoms with Gasteiger partial charge >= 0.3 is 5.97 Å². The second-order valence-electron chi connectivity index (χ2n) is 6.61. The van der Waals surface area contributed by atoms with E-state index in [1.807, 2.05) is 29.6 Å². The van der Waals surface area contributed by atoms with E-state index < -0.39 is 5.97 Å². The van der Waals surface area contributed by atoms with Gasteiger partial charge in [-0.2, -0.15) is 10.1 Å². The molecule has 1 amide bonds. The number of hydrazone groups is 1. The van der Waals surface area contributed by atoms with Crippen LogP contribution in [0.15, 0.2) is 75.1 Å². The molecule has 0 fully saturated rings. The lowest BCUT2D eigenvalue weighted by atomic mass is 10.1. The van der Waals surface area contributed by atoms with E-state index in [4.69, 9.17) is 9.47 Å². The fourth-order valence-corrected chi connectivity index (χ4v) is 3.87. The minimum Gasteiger partial charge on any atom is -0.493 e. The van der Waals surface area contributed by atoms with E-state index in [9.17, 15) is 9.59 Å². The number of rotatable bonds is 5. The summed E-state index contributed by atoms with van der Waals surface area (Å²) < 4.78 is 11.8. The van der Waals surface area contributed by atoms with Gasteiger partial charge in [0, 0.05) is 4.47 Å². The third-order valence-electron chi connectivity index (χ3n) is 4.56. The first-order valence-corrected chi connectivity index (χ1v) is 10.9. The number of benzene rings is 2. The second-order valence-corrected chi connectivity index (χ2v) is 8.48. The Morgan fingerprint density at radius 2 is 1.90 bits per heavy atom. The number of methoxy groups -OCH3 is 1. The molecule has 4 rings (SSSR count). The molecule has 8 heteroatoms. The van der Waals surface area contributed by atoms with Gasteiger partial charge in [-0.15, -0.1) is 11.3 Å². The summed E-state index contributed by atoms with van der Waals surface area (Å²) >= 11 is 4.69. The fraction of sp³-hybridized carbons (Fsp3) is 0.0870. The summed E-state index contributed by atoms with van der Waals surface area (Å²) in [4.78, 5) is 25.7. The molecule has 0 aliphatic carbocycles. The summed E-state index contributed by atoms with van der Waals surface area (Å²) in [7, 11) is 1.50. The monoisotopic (exact) mass is 496 g/mol. The van der Waals surface area contributed by atoms with E-state index in [0.29, 0.717) is 33.3 Å². The van der Waals surface area contributed by atoms with Crippen molar-refractivity contribution in [1.29, 1.82) is 0 Å². The van der Waals surface area contributed by atoms with E-state index in [0.717, 1.165) is 10.0 Å². The van der Waals surface area contributed by atoms with Crippen LogP contribution in [0.1, 0.15) is 22.2 Å². The summed E-state index contributed by atoms with van der Waals surface area (Å²) in [6, 6.07) is 16.0. The number of ether oxygens (including phenoxy) is 2. The van der Waals surface area contributed by atoms with Crippen molar-refractivity contribution in [1.82, 2.24) is 0 Å². The van der Waals surface area contributed by atoms with Crippen LogP contribution < -0.4 is 14.5 Å². The molecule has 0 N–H and O–H groups in total. The predicted molar refractivity (Wildman–Crippen MR) is 125 cm³/mol. The summed E-state index contributed by atoms with van der Waals surface area (Å²) in [5.41, 5.74) is 2.50. The molecule has 2 aromatic carbocycles. The standard InChI is InChI=1S/C23H17BrN2O4S/c1-14-18(22(27)26(25-14)17-8-6-16(24)7-9-17)12-15-5-10-19(20(13-15)29-2)30-23(28)21-4-3-11-31-21/h3-13H,1-2H3/b18-12+. The van der Waals surface area contributed by atoms with Crippen LogP contribution in [-0.2, 0) is 4.79 Å². The highest BCUT2D eigenvalue weighted by molar-refractivity contribution is 9.10. The molecule has 1 aromatic heterocycles. The summed E-state index contributed by atoms with van der Waals surface area (Å²) in [6.07, 6.45) is 1.74. The minimum atomic E-state index is -0.446. The van der Waals surface area contributed by atoms with Crippen molar-refractivity contribution in [2.24, 2.45) is 5.10 Å². The normalized spacial score (nSPS) is 14.7. The zero-order chi connectivity index (χ0) is 22.0. The molecule has 0 saturated heterocycles. The minimum absolute atomic E-state index is 0.216. The van der Waals surface area contributed by atoms with Gasteiger partial charge in [0.2, 0.25) is 0 Å². The number of nitrogens with zero attached hydrogens (tertiary/aromatic N) is 2. The molecule has 1 aliphatic rings. The van der Waals surface area contributed by atoms with E-state index >= 15 is 0 Å². The molecular weight excluding hydrogens is 480 g/mol. The first-order chi connectivity index (χ1) is 15.0. The Kier molecular flexibility index (Phi) is 6.01. The van der Waals surface area contributed by atoms with Crippen LogP contribution in [-0.4, -0.2) is 24.7 Å². The molecule has 2 heterocycles. The van der Waals surface area contributed by atoms with Crippen molar-refractivity contribution < 1.29 is 19.1 Å². The van der Waals surface area contributed by atoms with Crippen molar-refractivity contribution in [3.05, 3.63) is 80.5 Å². The molecule has 0 radical (unpaired) electrons. The van der Waals surface area contributed by atoms with Gasteiger partial charge in [0.15, 0.2) is 11.5 Å². The number of halogens is 1. The lowest BCUT2D eigenvalue weighted by molar-refractivity contribution is -0.114. The van der Waals surface area contributed by atoms with Crippen LogP contribution in [0, 0.1) is 0 Å². The van der Waals surface area contributed by atoms with E-state index in [1.54, 1.807) is 43.3 Å². The molecule has 3 aromatic rings. The lowest BCUT2D eigenvalue weighted by Gasteiger charge is -2.12. The summed E-state index contributed by atoms with van der Waals surface area (Å²) in [5, 5.41) is 7.58. The number of hydrogen-bond donors (Lipinski definition) is 0. The average molecular weight is 497 g/mol. The topological polar surface area (TPSA) is 68.2 Å². The van der Waals surface area contributed by atoms with E-state index in [1.165, 1.54) is 23.5 Å². The molecule has 156 valence electrons. The highest BCUT2D eigenvalue weighted by Crippen LogP contribution is 2.31. The Labute approximate surface area is 191 Å². The zero-order valence-corrected chi connectivity index (χ0v) is 19.1. The predicted octanol–water partition coefficient (Wildman–Crippen LogP) is 5.54. The van der Waals surface area contributed by atoms with Crippen molar-refractivity contribution in [3.63, 3.8) is 0 Å². The van der Waals surface area contributed by atoms with Gasteiger partial charge in [0.1, 0.15) is 4.88 Å². The van der Waals surface area contributed by atoms with Gasteiger partial charge in [-0.05, 0) is 66.4 Å². The fourth-order valence-electron chi connectivity index (χ4n) is 3.01. The Bertz CT molecular complexity index is 1200. The Morgan fingerprint density at radius 3 is 2.58 bits per heavy atom. The number of carbonyl (C=O) groups excluding carboxylic acids is 2. The molecule has 31 heavy (non-hydrogen) atoms. The number of carbonyl (C=O) groups is 2. The number of thiophene rings is 1. The molecule has 0 bridgehead atoms. The van der Waals surface area contributed by atoms with Gasteiger partial charge in [0.05, 0.1) is 24.1 Å². The maximum Gasteiger partial charge on any atom is 0.353 e. The van der Waals surface area contributed by atoms with Crippen LogP contribution in [0.2, 0.25) is 0 Å². The van der Waals surface area contributed by atoms with Gasteiger partial charge in [-0.1, -0.05) is 28.1 Å². The van der Waals surface area contributed by atoms with Gasteiger partial charge in [-0.25, -0.2) is 4.79 Å². The second kappa shape index (κ2) is 8.87. The van der Waals surface area contributed by atoms with Gasteiger partial charge in [0.25, 0.3) is 5.91 Å². The molecule has 6 nitrogen and oxygen atoms in total. The highest BCUT2D eigenvalue weighted by Gasteiger charge is 2.28. The van der Waals surface area contributed by atoms with Crippen molar-refractivity contribution in [2.45, 2.75) is 6.92 Å². The third-order valence-corrected chi connectivity index (χ3v) is 5.94. The van der Waals surface area contributed by atoms with Crippen molar-refractivity contribution >= 4 is 56.6 Å².